The van der Waals surface area contributed by atoms with E-state index in [1.54, 1.807) is 0 Å². The molecule has 4 heteroatoms. The van der Waals surface area contributed by atoms with Gasteiger partial charge in [-0.3, -0.25) is 9.69 Å². The molecule has 22 heavy (non-hydrogen) atoms. The average molecular weight is 297 g/mol. The summed E-state index contributed by atoms with van der Waals surface area (Å²) in [5, 5.41) is 0. The predicted molar refractivity (Wildman–Crippen MR) is 88.8 cm³/mol. The summed E-state index contributed by atoms with van der Waals surface area (Å²) in [6.45, 7) is 7.95. The van der Waals surface area contributed by atoms with E-state index in [1.807, 2.05) is 47.5 Å². The number of hydrogen-bond acceptors (Lipinski definition) is 2. The number of H-pyrrole nitrogens is 1. The lowest BCUT2D eigenvalue weighted by Crippen LogP contribution is -2.50. The first kappa shape index (κ1) is 14.9. The molecular weight excluding hydrogens is 274 g/mol. The molecule has 0 bridgehead atoms. The summed E-state index contributed by atoms with van der Waals surface area (Å²) in [6.07, 6.45) is 1.90. The monoisotopic (exact) mass is 297 g/mol. The number of benzene rings is 1. The lowest BCUT2D eigenvalue weighted by atomic mass is 10.1. The van der Waals surface area contributed by atoms with Gasteiger partial charge in [0.2, 0.25) is 0 Å². The van der Waals surface area contributed by atoms with Crippen LogP contribution in [0.2, 0.25) is 0 Å². The number of hydrogen-bond donors (Lipinski definition) is 1. The van der Waals surface area contributed by atoms with Crippen molar-refractivity contribution in [3.05, 3.63) is 48.2 Å². The number of aromatic amines is 1. The van der Waals surface area contributed by atoms with Crippen LogP contribution < -0.4 is 0 Å². The Morgan fingerprint density at radius 3 is 2.50 bits per heavy atom. The second-order valence-corrected chi connectivity index (χ2v) is 6.09. The number of carbonyl (C=O) groups is 1. The van der Waals surface area contributed by atoms with Gasteiger partial charge in [-0.1, -0.05) is 12.1 Å². The van der Waals surface area contributed by atoms with Crippen LogP contribution in [0.1, 0.15) is 24.2 Å². The molecule has 1 aromatic carbocycles. The van der Waals surface area contributed by atoms with Gasteiger partial charge < -0.3 is 9.88 Å². The van der Waals surface area contributed by atoms with Crippen molar-refractivity contribution in [1.82, 2.24) is 14.8 Å². The van der Waals surface area contributed by atoms with Gasteiger partial charge in [-0.15, -0.1) is 0 Å². The maximum atomic E-state index is 12.7. The van der Waals surface area contributed by atoms with E-state index in [1.165, 1.54) is 0 Å². The molecule has 1 amide bonds. The topological polar surface area (TPSA) is 39.3 Å². The van der Waals surface area contributed by atoms with E-state index < -0.39 is 0 Å². The zero-order valence-electron chi connectivity index (χ0n) is 13.2. The Bertz CT molecular complexity index is 626. The predicted octanol–water partition coefficient (Wildman–Crippen LogP) is 2.85. The molecule has 4 nitrogen and oxygen atoms in total. The van der Waals surface area contributed by atoms with E-state index in [2.05, 4.69) is 23.7 Å². The molecule has 1 fully saturated rings. The normalized spacial score (nSPS) is 16.2. The zero-order chi connectivity index (χ0) is 15.5. The Kier molecular flexibility index (Phi) is 4.29. The van der Waals surface area contributed by atoms with Crippen LogP contribution in [0.3, 0.4) is 0 Å². The van der Waals surface area contributed by atoms with Crippen molar-refractivity contribution >= 4 is 5.91 Å². The molecule has 116 valence electrons. The van der Waals surface area contributed by atoms with Crippen LogP contribution in [-0.2, 0) is 0 Å². The Morgan fingerprint density at radius 2 is 1.86 bits per heavy atom. The van der Waals surface area contributed by atoms with E-state index in [0.29, 0.717) is 6.04 Å². The van der Waals surface area contributed by atoms with Gasteiger partial charge in [-0.05, 0) is 43.7 Å². The lowest BCUT2D eigenvalue weighted by molar-refractivity contribution is 0.0595. The minimum Gasteiger partial charge on any atom is -0.361 e. The van der Waals surface area contributed by atoms with Gasteiger partial charge in [0.25, 0.3) is 5.91 Å². The van der Waals surface area contributed by atoms with Crippen molar-refractivity contribution < 1.29 is 4.79 Å². The van der Waals surface area contributed by atoms with Crippen LogP contribution in [0.5, 0.6) is 0 Å². The Balaban J connectivity index is 1.72. The molecule has 1 aliphatic rings. The fraction of sp³-hybridized carbons (Fsp3) is 0.389. The van der Waals surface area contributed by atoms with Crippen LogP contribution in [0.25, 0.3) is 11.3 Å². The molecule has 0 saturated carbocycles. The fourth-order valence-corrected chi connectivity index (χ4v) is 2.95. The van der Waals surface area contributed by atoms with Crippen molar-refractivity contribution in [3.8, 4) is 11.3 Å². The smallest absolute Gasteiger partial charge is 0.253 e. The zero-order valence-corrected chi connectivity index (χ0v) is 13.2. The van der Waals surface area contributed by atoms with Crippen molar-refractivity contribution in [3.63, 3.8) is 0 Å². The van der Waals surface area contributed by atoms with Gasteiger partial charge >= 0.3 is 0 Å². The SMILES string of the molecule is CC(C)N1CCN(C(=O)c2cccc(-c3ccc[nH]3)c2)CC1. The highest BCUT2D eigenvalue weighted by atomic mass is 16.2. The molecule has 0 unspecified atom stereocenters. The third kappa shape index (κ3) is 3.07. The first-order chi connectivity index (χ1) is 10.6. The van der Waals surface area contributed by atoms with Crippen LogP contribution in [0.4, 0.5) is 0 Å². The molecule has 3 rings (SSSR count). The summed E-state index contributed by atoms with van der Waals surface area (Å²) in [6, 6.07) is 12.4. The average Bonchev–Trinajstić information content (AvgIpc) is 3.09. The summed E-state index contributed by atoms with van der Waals surface area (Å²) in [5.41, 5.74) is 2.86. The van der Waals surface area contributed by atoms with Crippen LogP contribution >= 0.6 is 0 Å². The van der Waals surface area contributed by atoms with Crippen molar-refractivity contribution in [2.24, 2.45) is 0 Å². The highest BCUT2D eigenvalue weighted by Crippen LogP contribution is 2.19. The molecule has 2 heterocycles. The number of aromatic nitrogens is 1. The van der Waals surface area contributed by atoms with Gasteiger partial charge in [0.05, 0.1) is 0 Å². The molecule has 1 aliphatic heterocycles. The van der Waals surface area contributed by atoms with Crippen molar-refractivity contribution in [1.29, 1.82) is 0 Å². The summed E-state index contributed by atoms with van der Waals surface area (Å²) >= 11 is 0. The highest BCUT2D eigenvalue weighted by molar-refractivity contribution is 5.95. The number of nitrogens with one attached hydrogen (secondary N) is 1. The molecule has 1 aromatic heterocycles. The number of piperazine rings is 1. The van der Waals surface area contributed by atoms with Gasteiger partial charge in [-0.25, -0.2) is 0 Å². The third-order valence-electron chi connectivity index (χ3n) is 4.35. The molecule has 1 N–H and O–H groups in total. The fourth-order valence-electron chi connectivity index (χ4n) is 2.95. The minimum atomic E-state index is 0.136. The number of carbonyl (C=O) groups excluding carboxylic acids is 1. The first-order valence-electron chi connectivity index (χ1n) is 7.92. The van der Waals surface area contributed by atoms with Crippen LogP contribution in [0.15, 0.2) is 42.6 Å². The van der Waals surface area contributed by atoms with Gasteiger partial charge in [-0.2, -0.15) is 0 Å². The summed E-state index contributed by atoms with van der Waals surface area (Å²) in [5.74, 6) is 0.136. The largest absolute Gasteiger partial charge is 0.361 e. The quantitative estimate of drug-likeness (QED) is 0.946. The Morgan fingerprint density at radius 1 is 1.09 bits per heavy atom. The van der Waals surface area contributed by atoms with E-state index in [-0.39, 0.29) is 5.91 Å². The van der Waals surface area contributed by atoms with E-state index in [0.717, 1.165) is 43.0 Å². The van der Waals surface area contributed by atoms with Crippen molar-refractivity contribution in [2.45, 2.75) is 19.9 Å². The molecule has 0 atom stereocenters. The van der Waals surface area contributed by atoms with E-state index >= 15 is 0 Å². The molecule has 2 aromatic rings. The second-order valence-electron chi connectivity index (χ2n) is 6.09. The summed E-state index contributed by atoms with van der Waals surface area (Å²) in [7, 11) is 0. The number of nitrogens with zero attached hydrogens (tertiary/aromatic N) is 2. The minimum absolute atomic E-state index is 0.136. The van der Waals surface area contributed by atoms with Gasteiger partial charge in [0, 0.05) is 49.7 Å². The molecule has 1 saturated heterocycles. The van der Waals surface area contributed by atoms with E-state index in [4.69, 9.17) is 0 Å². The van der Waals surface area contributed by atoms with Gasteiger partial charge in [0.15, 0.2) is 0 Å². The second kappa shape index (κ2) is 6.36. The van der Waals surface area contributed by atoms with Crippen molar-refractivity contribution in [2.75, 3.05) is 26.2 Å². The number of amides is 1. The molecule has 0 radical (unpaired) electrons. The molecular formula is C18H23N3O. The Labute approximate surface area is 131 Å². The lowest BCUT2D eigenvalue weighted by Gasteiger charge is -2.37. The molecule has 0 aliphatic carbocycles. The first-order valence-corrected chi connectivity index (χ1v) is 7.92. The number of rotatable bonds is 3. The van der Waals surface area contributed by atoms with E-state index in [9.17, 15) is 4.79 Å². The Hall–Kier alpha value is -2.07. The highest BCUT2D eigenvalue weighted by Gasteiger charge is 2.23. The summed E-state index contributed by atoms with van der Waals surface area (Å²) in [4.78, 5) is 20.3. The maximum absolute atomic E-state index is 12.7. The third-order valence-corrected chi connectivity index (χ3v) is 4.35. The van der Waals surface area contributed by atoms with Gasteiger partial charge in [0.1, 0.15) is 0 Å². The van der Waals surface area contributed by atoms with Crippen LogP contribution in [0, 0.1) is 0 Å². The molecule has 0 spiro atoms. The maximum Gasteiger partial charge on any atom is 0.253 e. The summed E-state index contributed by atoms with van der Waals surface area (Å²) < 4.78 is 0. The standard InChI is InChI=1S/C18H23N3O/c1-14(2)20-9-11-21(12-10-20)18(22)16-6-3-5-15(13-16)17-7-4-8-19-17/h3-8,13-14,19H,9-12H2,1-2H3. The van der Waals surface area contributed by atoms with Crippen LogP contribution in [-0.4, -0.2) is 52.9 Å².